The third kappa shape index (κ3) is 2.47. The number of hydrogen-bond donors (Lipinski definition) is 2. The molecule has 74 valence electrons. The van der Waals surface area contributed by atoms with Gasteiger partial charge >= 0.3 is 5.97 Å². The molecule has 0 saturated carbocycles. The van der Waals surface area contributed by atoms with E-state index in [2.05, 4.69) is 0 Å². The zero-order valence-electron chi connectivity index (χ0n) is 7.00. The summed E-state index contributed by atoms with van der Waals surface area (Å²) in [4.78, 5) is 10.4. The minimum Gasteiger partial charge on any atom is -0.477 e. The highest BCUT2D eigenvalue weighted by atomic mass is 35.5. The summed E-state index contributed by atoms with van der Waals surface area (Å²) in [5, 5.41) is 8.72. The van der Waals surface area contributed by atoms with Crippen LogP contribution >= 0.6 is 11.6 Å². The number of rotatable bonds is 2. The van der Waals surface area contributed by atoms with Crippen molar-refractivity contribution in [3.8, 4) is 0 Å². The predicted octanol–water partition coefficient (Wildman–Crippen LogP) is 1.86. The lowest BCUT2D eigenvalue weighted by molar-refractivity contribution is -0.132. The quantitative estimate of drug-likeness (QED) is 0.741. The lowest BCUT2D eigenvalue weighted by atomic mass is 10.2. The maximum Gasteiger partial charge on any atom is 0.351 e. The summed E-state index contributed by atoms with van der Waals surface area (Å²) in [5.41, 5.74) is 5.00. The Balaban J connectivity index is 3.13. The highest BCUT2D eigenvalue weighted by Crippen LogP contribution is 2.19. The van der Waals surface area contributed by atoms with Crippen LogP contribution in [0.1, 0.15) is 5.56 Å². The first-order chi connectivity index (χ1) is 6.50. The van der Waals surface area contributed by atoms with Crippen molar-refractivity contribution in [3.63, 3.8) is 0 Å². The Hall–Kier alpha value is -1.55. The van der Waals surface area contributed by atoms with Gasteiger partial charge in [0.2, 0.25) is 0 Å². The van der Waals surface area contributed by atoms with E-state index < -0.39 is 17.5 Å². The van der Waals surface area contributed by atoms with Gasteiger partial charge in [0.25, 0.3) is 0 Å². The largest absolute Gasteiger partial charge is 0.477 e. The molecule has 14 heavy (non-hydrogen) atoms. The molecule has 1 aromatic rings. The first-order valence-electron chi connectivity index (χ1n) is 3.66. The fraction of sp³-hybridized carbons (Fsp3) is 0. The number of benzene rings is 1. The summed E-state index contributed by atoms with van der Waals surface area (Å²) in [7, 11) is 0. The lowest BCUT2D eigenvalue weighted by Crippen LogP contribution is -2.09. The lowest BCUT2D eigenvalue weighted by Gasteiger charge is -1.99. The Morgan fingerprint density at radius 2 is 2.21 bits per heavy atom. The van der Waals surface area contributed by atoms with Gasteiger partial charge in [-0.05, 0) is 29.8 Å². The second-order valence-electron chi connectivity index (χ2n) is 2.57. The second-order valence-corrected chi connectivity index (χ2v) is 2.98. The summed E-state index contributed by atoms with van der Waals surface area (Å²) in [6, 6.07) is 3.62. The van der Waals surface area contributed by atoms with Crippen LogP contribution in [0.25, 0.3) is 6.08 Å². The van der Waals surface area contributed by atoms with Crippen LogP contribution in [0.2, 0.25) is 5.02 Å². The van der Waals surface area contributed by atoms with Crippen molar-refractivity contribution in [1.29, 1.82) is 0 Å². The van der Waals surface area contributed by atoms with Crippen molar-refractivity contribution in [2.45, 2.75) is 0 Å². The molecule has 0 unspecified atom stereocenters. The van der Waals surface area contributed by atoms with Gasteiger partial charge in [0.15, 0.2) is 0 Å². The van der Waals surface area contributed by atoms with E-state index >= 15 is 0 Å². The Morgan fingerprint density at radius 1 is 1.57 bits per heavy atom. The van der Waals surface area contributed by atoms with E-state index in [-0.39, 0.29) is 10.6 Å². The van der Waals surface area contributed by atoms with Gasteiger partial charge in [0.1, 0.15) is 11.5 Å². The molecule has 0 atom stereocenters. The molecule has 3 nitrogen and oxygen atoms in total. The molecular weight excluding hydrogens is 209 g/mol. The maximum absolute atomic E-state index is 12.7. The van der Waals surface area contributed by atoms with E-state index in [0.717, 1.165) is 12.1 Å². The molecule has 5 heteroatoms. The average molecular weight is 216 g/mol. The number of carboxylic acid groups (broad SMARTS) is 1. The van der Waals surface area contributed by atoms with Crippen LogP contribution in [0.5, 0.6) is 0 Å². The van der Waals surface area contributed by atoms with E-state index in [1.54, 1.807) is 0 Å². The third-order valence-corrected chi connectivity index (χ3v) is 1.86. The zero-order chi connectivity index (χ0) is 10.7. The first kappa shape index (κ1) is 10.5. The molecule has 0 saturated heterocycles. The number of carbonyl (C=O) groups is 1. The molecule has 0 aliphatic carbocycles. The topological polar surface area (TPSA) is 63.3 Å². The molecule has 0 bridgehead atoms. The molecule has 0 aliphatic rings. The van der Waals surface area contributed by atoms with Gasteiger partial charge in [-0.2, -0.15) is 0 Å². The van der Waals surface area contributed by atoms with E-state index in [1.165, 1.54) is 12.1 Å². The van der Waals surface area contributed by atoms with Crippen LogP contribution in [-0.2, 0) is 4.79 Å². The molecule has 0 fully saturated rings. The Labute approximate surface area is 84.6 Å². The summed E-state index contributed by atoms with van der Waals surface area (Å²) in [6.07, 6.45) is 1.10. The van der Waals surface area contributed by atoms with E-state index in [9.17, 15) is 9.18 Å². The third-order valence-electron chi connectivity index (χ3n) is 1.52. The van der Waals surface area contributed by atoms with E-state index in [1.807, 2.05) is 0 Å². The van der Waals surface area contributed by atoms with Gasteiger partial charge in [0.05, 0.1) is 0 Å². The highest BCUT2D eigenvalue weighted by Gasteiger charge is 2.04. The van der Waals surface area contributed by atoms with Gasteiger partial charge in [-0.3, -0.25) is 0 Å². The number of carboxylic acids is 1. The van der Waals surface area contributed by atoms with Crippen molar-refractivity contribution in [2.75, 3.05) is 0 Å². The molecule has 0 aliphatic heterocycles. The molecule has 1 rings (SSSR count). The number of aliphatic carboxylic acids is 1. The predicted molar refractivity (Wildman–Crippen MR) is 51.2 cm³/mol. The van der Waals surface area contributed by atoms with Crippen LogP contribution < -0.4 is 5.73 Å². The van der Waals surface area contributed by atoms with Crippen molar-refractivity contribution < 1.29 is 14.3 Å². The van der Waals surface area contributed by atoms with Crippen molar-refractivity contribution in [1.82, 2.24) is 0 Å². The summed E-state index contributed by atoms with van der Waals surface area (Å²) < 4.78 is 12.7. The number of hydrogen-bond acceptors (Lipinski definition) is 2. The van der Waals surface area contributed by atoms with Crippen LogP contribution in [-0.4, -0.2) is 11.1 Å². The van der Waals surface area contributed by atoms with Gasteiger partial charge in [-0.15, -0.1) is 0 Å². The monoisotopic (exact) mass is 215 g/mol. The minimum atomic E-state index is -1.27. The highest BCUT2D eigenvalue weighted by molar-refractivity contribution is 6.32. The summed E-state index contributed by atoms with van der Waals surface area (Å²) >= 11 is 5.69. The summed E-state index contributed by atoms with van der Waals surface area (Å²) in [5.74, 6) is -1.77. The molecular formula is C9H7ClFNO2. The van der Waals surface area contributed by atoms with Crippen molar-refractivity contribution in [2.24, 2.45) is 5.73 Å². The number of nitrogens with two attached hydrogens (primary N) is 1. The van der Waals surface area contributed by atoms with Gasteiger partial charge in [0, 0.05) is 5.02 Å². The van der Waals surface area contributed by atoms with Crippen LogP contribution in [0, 0.1) is 5.82 Å². The van der Waals surface area contributed by atoms with Gasteiger partial charge in [-0.1, -0.05) is 11.6 Å². The Bertz CT molecular complexity index is 404. The Kier molecular flexibility index (Phi) is 3.09. The zero-order valence-corrected chi connectivity index (χ0v) is 7.75. The summed E-state index contributed by atoms with van der Waals surface area (Å²) in [6.45, 7) is 0. The SMILES string of the molecule is N/C(=C/c1cc(F)ccc1Cl)C(=O)O. The standard InChI is InChI=1S/C9H7ClFNO2/c10-7-2-1-6(11)3-5(7)4-8(12)9(13)14/h1-4H,12H2,(H,13,14)/b8-4+. The molecule has 0 spiro atoms. The van der Waals surface area contributed by atoms with Gasteiger partial charge < -0.3 is 10.8 Å². The molecule has 1 aromatic carbocycles. The smallest absolute Gasteiger partial charge is 0.351 e. The number of halogens is 2. The average Bonchev–Trinajstić information content (AvgIpc) is 2.11. The van der Waals surface area contributed by atoms with Gasteiger partial charge in [-0.25, -0.2) is 9.18 Å². The molecule has 0 heterocycles. The molecule has 0 aromatic heterocycles. The normalized spacial score (nSPS) is 11.4. The molecule has 3 N–H and O–H groups in total. The fourth-order valence-corrected chi connectivity index (χ4v) is 1.03. The van der Waals surface area contributed by atoms with Crippen LogP contribution in [0.4, 0.5) is 4.39 Å². The van der Waals surface area contributed by atoms with E-state index in [4.69, 9.17) is 22.4 Å². The van der Waals surface area contributed by atoms with Crippen molar-refractivity contribution >= 4 is 23.6 Å². The van der Waals surface area contributed by atoms with Crippen LogP contribution in [0.15, 0.2) is 23.9 Å². The molecule has 0 amide bonds. The van der Waals surface area contributed by atoms with Crippen LogP contribution in [0.3, 0.4) is 0 Å². The fourth-order valence-electron chi connectivity index (χ4n) is 0.854. The first-order valence-corrected chi connectivity index (χ1v) is 4.04. The van der Waals surface area contributed by atoms with E-state index in [0.29, 0.717) is 0 Å². The van der Waals surface area contributed by atoms with Crippen molar-refractivity contribution in [3.05, 3.63) is 40.3 Å². The Morgan fingerprint density at radius 3 is 2.79 bits per heavy atom. The minimum absolute atomic E-state index is 0.242. The maximum atomic E-state index is 12.7. The second kappa shape index (κ2) is 4.11. The molecule has 0 radical (unpaired) electrons.